The number of nitrogens with zero attached hydrogens (tertiary/aromatic N) is 2. The standard InChI is InChI=1S/C25H36N4O7/c1-4-6-8-15-35-19-11-9-18(10-12-19)24(32)36-17-20(30)28(14-16-34-3)21-22(26)29(13-7-5-2)25(33)27-23(21)31/h9-12H,4-8,13-17,26H2,1-3H3,(H,27,31,33). The second kappa shape index (κ2) is 14.7. The molecule has 1 heterocycles. The molecular weight excluding hydrogens is 468 g/mol. The monoisotopic (exact) mass is 504 g/mol. The fraction of sp³-hybridized carbons (Fsp3) is 0.520. The van der Waals surface area contributed by atoms with Crippen LogP contribution in [-0.2, 0) is 20.8 Å². The number of anilines is 2. The molecular formula is C25H36N4O7. The van der Waals surface area contributed by atoms with Gasteiger partial charge in [0.15, 0.2) is 12.3 Å². The van der Waals surface area contributed by atoms with Gasteiger partial charge in [0.05, 0.1) is 18.8 Å². The van der Waals surface area contributed by atoms with Crippen molar-refractivity contribution in [1.82, 2.24) is 9.55 Å². The second-order valence-electron chi connectivity index (χ2n) is 8.19. The van der Waals surface area contributed by atoms with E-state index < -0.39 is 29.7 Å². The molecule has 2 rings (SSSR count). The lowest BCUT2D eigenvalue weighted by atomic mass is 10.2. The molecule has 0 unspecified atom stereocenters. The first-order chi connectivity index (χ1) is 17.3. The number of amides is 1. The van der Waals surface area contributed by atoms with E-state index in [1.165, 1.54) is 11.7 Å². The Labute approximate surface area is 210 Å². The van der Waals surface area contributed by atoms with E-state index in [2.05, 4.69) is 11.9 Å². The molecule has 0 saturated heterocycles. The molecule has 1 amide bonds. The molecule has 11 nitrogen and oxygen atoms in total. The van der Waals surface area contributed by atoms with Gasteiger partial charge in [0, 0.05) is 20.2 Å². The van der Waals surface area contributed by atoms with Crippen molar-refractivity contribution in [3.05, 3.63) is 50.7 Å². The summed E-state index contributed by atoms with van der Waals surface area (Å²) in [7, 11) is 1.44. The summed E-state index contributed by atoms with van der Waals surface area (Å²) in [5.74, 6) is -0.892. The molecule has 1 aromatic carbocycles. The van der Waals surface area contributed by atoms with Crippen molar-refractivity contribution in [3.8, 4) is 5.75 Å². The van der Waals surface area contributed by atoms with E-state index in [1.54, 1.807) is 24.3 Å². The number of H-pyrrole nitrogens is 1. The molecule has 3 N–H and O–H groups in total. The van der Waals surface area contributed by atoms with E-state index in [9.17, 15) is 19.2 Å². The van der Waals surface area contributed by atoms with Crippen LogP contribution in [-0.4, -0.2) is 54.9 Å². The molecule has 0 aliphatic heterocycles. The third kappa shape index (κ3) is 7.98. The minimum atomic E-state index is -0.810. The van der Waals surface area contributed by atoms with Crippen LogP contribution < -0.4 is 26.6 Å². The number of methoxy groups -OCH3 is 1. The van der Waals surface area contributed by atoms with Crippen molar-refractivity contribution in [2.45, 2.75) is 52.5 Å². The maximum Gasteiger partial charge on any atom is 0.338 e. The lowest BCUT2D eigenvalue weighted by Gasteiger charge is -2.24. The Morgan fingerprint density at radius 2 is 1.72 bits per heavy atom. The number of esters is 1. The Hall–Kier alpha value is -3.60. The van der Waals surface area contributed by atoms with E-state index in [1.807, 2.05) is 6.92 Å². The molecule has 1 aromatic heterocycles. The summed E-state index contributed by atoms with van der Waals surface area (Å²) in [6, 6.07) is 6.43. The summed E-state index contributed by atoms with van der Waals surface area (Å²) in [5, 5.41) is 0. The van der Waals surface area contributed by atoms with Crippen molar-refractivity contribution in [1.29, 1.82) is 0 Å². The SMILES string of the molecule is CCCCCOc1ccc(C(=O)OCC(=O)N(CCOC)c2c(N)n(CCCC)c(=O)[nH]c2=O)cc1. The largest absolute Gasteiger partial charge is 0.494 e. The first-order valence-corrected chi connectivity index (χ1v) is 12.2. The van der Waals surface area contributed by atoms with E-state index in [0.29, 0.717) is 18.8 Å². The number of ether oxygens (including phenoxy) is 3. The van der Waals surface area contributed by atoms with Crippen molar-refractivity contribution in [2.75, 3.05) is 44.1 Å². The van der Waals surface area contributed by atoms with Crippen LogP contribution in [0.2, 0.25) is 0 Å². The summed E-state index contributed by atoms with van der Waals surface area (Å²) in [6.07, 6.45) is 4.58. The normalized spacial score (nSPS) is 10.8. The average molecular weight is 505 g/mol. The predicted octanol–water partition coefficient (Wildman–Crippen LogP) is 2.32. The number of aromatic nitrogens is 2. The van der Waals surface area contributed by atoms with Crippen molar-refractivity contribution >= 4 is 23.4 Å². The highest BCUT2D eigenvalue weighted by Gasteiger charge is 2.25. The van der Waals surface area contributed by atoms with Crippen LogP contribution in [0.5, 0.6) is 5.75 Å². The number of nitrogens with two attached hydrogens (primary N) is 1. The maximum atomic E-state index is 13.0. The number of benzene rings is 1. The lowest BCUT2D eigenvalue weighted by molar-refractivity contribution is -0.121. The van der Waals surface area contributed by atoms with Crippen LogP contribution in [0.3, 0.4) is 0 Å². The molecule has 0 fully saturated rings. The first-order valence-electron chi connectivity index (χ1n) is 12.2. The minimum Gasteiger partial charge on any atom is -0.494 e. The van der Waals surface area contributed by atoms with Crippen molar-refractivity contribution in [3.63, 3.8) is 0 Å². The summed E-state index contributed by atoms with van der Waals surface area (Å²) in [4.78, 5) is 53.6. The van der Waals surface area contributed by atoms with Crippen LogP contribution in [0.1, 0.15) is 56.3 Å². The van der Waals surface area contributed by atoms with Crippen LogP contribution in [0, 0.1) is 0 Å². The van der Waals surface area contributed by atoms with Gasteiger partial charge < -0.3 is 19.9 Å². The van der Waals surface area contributed by atoms with Crippen LogP contribution in [0.4, 0.5) is 11.5 Å². The van der Waals surface area contributed by atoms with Gasteiger partial charge in [-0.25, -0.2) is 9.59 Å². The molecule has 0 radical (unpaired) electrons. The summed E-state index contributed by atoms with van der Waals surface area (Å²) < 4.78 is 17.1. The minimum absolute atomic E-state index is 0.0315. The highest BCUT2D eigenvalue weighted by atomic mass is 16.5. The molecule has 0 saturated carbocycles. The Morgan fingerprint density at radius 1 is 1.03 bits per heavy atom. The number of aromatic amines is 1. The van der Waals surface area contributed by atoms with Gasteiger partial charge in [-0.3, -0.25) is 24.0 Å². The zero-order chi connectivity index (χ0) is 26.5. The van der Waals surface area contributed by atoms with Gasteiger partial charge in [-0.1, -0.05) is 33.1 Å². The molecule has 0 aliphatic rings. The topological polar surface area (TPSA) is 146 Å². The molecule has 198 valence electrons. The van der Waals surface area contributed by atoms with Gasteiger partial charge in [0.2, 0.25) is 0 Å². The number of hydrogen-bond donors (Lipinski definition) is 2. The van der Waals surface area contributed by atoms with Crippen LogP contribution in [0.25, 0.3) is 0 Å². The number of carbonyl (C=O) groups is 2. The molecule has 36 heavy (non-hydrogen) atoms. The van der Waals surface area contributed by atoms with E-state index in [-0.39, 0.29) is 36.8 Å². The maximum absolute atomic E-state index is 13.0. The highest BCUT2D eigenvalue weighted by Crippen LogP contribution is 2.18. The fourth-order valence-electron chi connectivity index (χ4n) is 3.44. The Balaban J connectivity index is 2.13. The number of unbranched alkanes of at least 4 members (excludes halogenated alkanes) is 3. The number of nitrogen functional groups attached to an aromatic ring is 1. The molecule has 2 aromatic rings. The number of carbonyl (C=O) groups excluding carboxylic acids is 2. The van der Waals surface area contributed by atoms with Gasteiger partial charge in [-0.15, -0.1) is 0 Å². The fourth-order valence-corrected chi connectivity index (χ4v) is 3.44. The van der Waals surface area contributed by atoms with Gasteiger partial charge in [0.1, 0.15) is 11.6 Å². The smallest absolute Gasteiger partial charge is 0.338 e. The van der Waals surface area contributed by atoms with Crippen LogP contribution >= 0.6 is 0 Å². The average Bonchev–Trinajstić information content (AvgIpc) is 2.87. The highest BCUT2D eigenvalue weighted by molar-refractivity contribution is 5.98. The third-order valence-electron chi connectivity index (χ3n) is 5.47. The Kier molecular flexibility index (Phi) is 11.7. The number of rotatable bonds is 15. The van der Waals surface area contributed by atoms with E-state index >= 15 is 0 Å². The first kappa shape index (κ1) is 28.6. The quantitative estimate of drug-likeness (QED) is 0.278. The summed E-state index contributed by atoms with van der Waals surface area (Å²) in [6.45, 7) is 4.36. The van der Waals surface area contributed by atoms with Gasteiger partial charge in [-0.05, 0) is 37.1 Å². The van der Waals surface area contributed by atoms with Crippen molar-refractivity contribution in [2.24, 2.45) is 0 Å². The molecule has 0 atom stereocenters. The third-order valence-corrected chi connectivity index (χ3v) is 5.47. The second-order valence-corrected chi connectivity index (χ2v) is 8.19. The van der Waals surface area contributed by atoms with Crippen LogP contribution in [0.15, 0.2) is 33.9 Å². The number of hydrogen-bond acceptors (Lipinski definition) is 8. The van der Waals surface area contributed by atoms with E-state index in [4.69, 9.17) is 19.9 Å². The molecule has 0 bridgehead atoms. The van der Waals surface area contributed by atoms with Gasteiger partial charge in [-0.2, -0.15) is 0 Å². The van der Waals surface area contributed by atoms with Gasteiger partial charge in [0.25, 0.3) is 11.5 Å². The Bertz CT molecular complexity index is 1110. The van der Waals surface area contributed by atoms with Gasteiger partial charge >= 0.3 is 11.7 Å². The predicted molar refractivity (Wildman–Crippen MR) is 137 cm³/mol. The molecule has 11 heteroatoms. The molecule has 0 aliphatic carbocycles. The lowest BCUT2D eigenvalue weighted by Crippen LogP contribution is -2.44. The summed E-state index contributed by atoms with van der Waals surface area (Å²) in [5.41, 5.74) is 4.73. The van der Waals surface area contributed by atoms with Crippen molar-refractivity contribution < 1.29 is 23.8 Å². The summed E-state index contributed by atoms with van der Waals surface area (Å²) >= 11 is 0. The van der Waals surface area contributed by atoms with E-state index in [0.717, 1.165) is 30.6 Å². The molecule has 0 spiro atoms. The Morgan fingerprint density at radius 3 is 2.36 bits per heavy atom. The number of nitrogens with one attached hydrogen (secondary N) is 1. The zero-order valence-corrected chi connectivity index (χ0v) is 21.2. The zero-order valence-electron chi connectivity index (χ0n) is 21.2.